The Balaban J connectivity index is 2.43. The Kier molecular flexibility index (Phi) is 5.03. The van der Waals surface area contributed by atoms with Gasteiger partial charge in [-0.15, -0.1) is 0 Å². The molecule has 0 aliphatic heterocycles. The fourth-order valence-corrected chi connectivity index (χ4v) is 5.58. The second-order valence-corrected chi connectivity index (χ2v) is 7.58. The van der Waals surface area contributed by atoms with Gasteiger partial charge in [-0.05, 0) is 61.3 Å². The molecule has 0 bridgehead atoms. The van der Waals surface area contributed by atoms with Crippen molar-refractivity contribution in [3.8, 4) is 0 Å². The zero-order valence-corrected chi connectivity index (χ0v) is 15.1. The lowest BCUT2D eigenvalue weighted by molar-refractivity contribution is 0.00767. The van der Waals surface area contributed by atoms with Gasteiger partial charge in [0, 0.05) is 0 Å². The minimum absolute atomic E-state index is 0.0636. The quantitative estimate of drug-likeness (QED) is 0.427. The zero-order valence-electron chi connectivity index (χ0n) is 13.0. The molecule has 1 nitrogen and oxygen atoms in total. The first-order valence-corrected chi connectivity index (χ1v) is 8.89. The van der Waals surface area contributed by atoms with Crippen LogP contribution < -0.4 is 0 Å². The molecule has 0 amide bonds. The molecule has 3 unspecified atom stereocenters. The molecule has 0 spiro atoms. The Morgan fingerprint density at radius 1 is 1.42 bits per heavy atom. The monoisotopic (exact) mass is 376 g/mol. The first-order valence-electron chi connectivity index (χ1n) is 8.01. The van der Waals surface area contributed by atoms with Crippen molar-refractivity contribution in [1.82, 2.24) is 0 Å². The second-order valence-electron chi connectivity index (χ2n) is 7.14. The minimum Gasteiger partial charge on any atom is -0.305 e. The van der Waals surface area contributed by atoms with Gasteiger partial charge in [-0.1, -0.05) is 40.2 Å². The van der Waals surface area contributed by atoms with Crippen LogP contribution in [0.4, 0.5) is 0 Å². The van der Waals surface area contributed by atoms with Crippen LogP contribution in [0.2, 0.25) is 0 Å². The Labute approximate surface area is 133 Å². The maximum absolute atomic E-state index is 6.05. The van der Waals surface area contributed by atoms with Gasteiger partial charge in [0.05, 0.1) is 0 Å². The van der Waals surface area contributed by atoms with E-state index in [0.717, 1.165) is 11.8 Å². The molecular weight excluding hydrogens is 347 g/mol. The summed E-state index contributed by atoms with van der Waals surface area (Å²) >= 11 is 2.16. The Hall–Kier alpha value is 0.430. The van der Waals surface area contributed by atoms with Crippen LogP contribution in [0.3, 0.4) is 0 Å². The molecule has 1 saturated carbocycles. The standard InChI is InChI=1S/C17H29IO/c1-5-10-16(4)14(13(2)3)9-12-17(19-18)11-7-6-8-15(16)17/h8,13-14H,5-7,9-12H2,1-4H3. The van der Waals surface area contributed by atoms with Gasteiger partial charge in [-0.2, -0.15) is 0 Å². The molecule has 2 heteroatoms. The summed E-state index contributed by atoms with van der Waals surface area (Å²) in [6, 6.07) is 0. The summed E-state index contributed by atoms with van der Waals surface area (Å²) < 4.78 is 6.05. The van der Waals surface area contributed by atoms with Crippen LogP contribution in [0.15, 0.2) is 11.6 Å². The van der Waals surface area contributed by atoms with Crippen molar-refractivity contribution in [1.29, 1.82) is 0 Å². The van der Waals surface area contributed by atoms with Crippen molar-refractivity contribution >= 4 is 23.0 Å². The lowest BCUT2D eigenvalue weighted by Gasteiger charge is -2.55. The highest BCUT2D eigenvalue weighted by atomic mass is 127. The summed E-state index contributed by atoms with van der Waals surface area (Å²) in [6.45, 7) is 9.65. The van der Waals surface area contributed by atoms with Gasteiger partial charge >= 0.3 is 0 Å². The smallest absolute Gasteiger partial charge is 0.110 e. The van der Waals surface area contributed by atoms with Crippen LogP contribution in [0, 0.1) is 17.3 Å². The van der Waals surface area contributed by atoms with Crippen molar-refractivity contribution in [3.05, 3.63) is 11.6 Å². The molecule has 0 aromatic heterocycles. The topological polar surface area (TPSA) is 9.23 Å². The lowest BCUT2D eigenvalue weighted by atomic mass is 9.53. The van der Waals surface area contributed by atoms with Crippen molar-refractivity contribution in [2.75, 3.05) is 0 Å². The van der Waals surface area contributed by atoms with E-state index in [1.807, 2.05) is 0 Å². The van der Waals surface area contributed by atoms with E-state index in [2.05, 4.69) is 56.8 Å². The van der Waals surface area contributed by atoms with E-state index >= 15 is 0 Å². The minimum atomic E-state index is 0.0636. The third-order valence-electron chi connectivity index (χ3n) is 5.64. The third-order valence-corrected chi connectivity index (χ3v) is 6.48. The summed E-state index contributed by atoms with van der Waals surface area (Å²) in [5.74, 6) is 1.59. The number of hydrogen-bond acceptors (Lipinski definition) is 1. The van der Waals surface area contributed by atoms with E-state index in [4.69, 9.17) is 3.07 Å². The van der Waals surface area contributed by atoms with Gasteiger partial charge in [0.15, 0.2) is 0 Å². The fourth-order valence-electron chi connectivity index (χ4n) is 4.90. The van der Waals surface area contributed by atoms with Crippen LogP contribution in [-0.4, -0.2) is 5.60 Å². The van der Waals surface area contributed by atoms with Crippen LogP contribution in [0.1, 0.15) is 72.6 Å². The normalized spacial score (nSPS) is 39.1. The second kappa shape index (κ2) is 6.05. The molecule has 0 aromatic carbocycles. The van der Waals surface area contributed by atoms with Crippen LogP contribution >= 0.6 is 23.0 Å². The van der Waals surface area contributed by atoms with Crippen molar-refractivity contribution in [2.45, 2.75) is 78.2 Å². The molecule has 1 fully saturated rings. The van der Waals surface area contributed by atoms with Gasteiger partial charge in [0.1, 0.15) is 28.6 Å². The Morgan fingerprint density at radius 2 is 2.16 bits per heavy atom. The van der Waals surface area contributed by atoms with Crippen molar-refractivity contribution in [2.24, 2.45) is 17.3 Å². The van der Waals surface area contributed by atoms with Gasteiger partial charge < -0.3 is 3.07 Å². The predicted molar refractivity (Wildman–Crippen MR) is 90.3 cm³/mol. The molecule has 0 N–H and O–H groups in total. The average molecular weight is 376 g/mol. The summed E-state index contributed by atoms with van der Waals surface area (Å²) in [5, 5.41) is 0. The maximum Gasteiger partial charge on any atom is 0.110 e. The lowest BCUT2D eigenvalue weighted by Crippen LogP contribution is -2.50. The highest BCUT2D eigenvalue weighted by Gasteiger charge is 2.52. The molecular formula is C17H29IO. The largest absolute Gasteiger partial charge is 0.305 e. The fraction of sp³-hybridized carbons (Fsp3) is 0.882. The maximum atomic E-state index is 6.05. The van der Waals surface area contributed by atoms with Gasteiger partial charge in [0.25, 0.3) is 0 Å². The summed E-state index contributed by atoms with van der Waals surface area (Å²) in [6.07, 6.45) is 11.4. The molecule has 2 aliphatic carbocycles. The van der Waals surface area contributed by atoms with Crippen LogP contribution in [0.5, 0.6) is 0 Å². The van der Waals surface area contributed by atoms with Crippen LogP contribution in [0.25, 0.3) is 0 Å². The predicted octanol–water partition coefficient (Wildman–Crippen LogP) is 6.07. The average Bonchev–Trinajstić information content (AvgIpc) is 2.39. The zero-order chi connectivity index (χ0) is 14.1. The Morgan fingerprint density at radius 3 is 2.74 bits per heavy atom. The number of fused-ring (bicyclic) bond motifs is 1. The van der Waals surface area contributed by atoms with E-state index in [0.29, 0.717) is 5.41 Å². The highest BCUT2D eigenvalue weighted by Crippen LogP contribution is 2.58. The SMILES string of the molecule is CCCC1(C)C2=CCCCC2(OI)CCC1C(C)C. The summed E-state index contributed by atoms with van der Waals surface area (Å²) in [7, 11) is 0. The summed E-state index contributed by atoms with van der Waals surface area (Å²) in [4.78, 5) is 0. The molecule has 110 valence electrons. The van der Waals surface area contributed by atoms with Gasteiger partial charge in [-0.25, -0.2) is 0 Å². The van der Waals surface area contributed by atoms with E-state index in [1.165, 1.54) is 44.9 Å². The van der Waals surface area contributed by atoms with E-state index in [9.17, 15) is 0 Å². The first kappa shape index (κ1) is 15.8. The number of hydrogen-bond donors (Lipinski definition) is 0. The highest BCUT2D eigenvalue weighted by molar-refractivity contribution is 14.1. The molecule has 3 atom stereocenters. The Bertz CT molecular complexity index is 349. The number of allylic oxidation sites excluding steroid dienone is 1. The molecule has 2 rings (SSSR count). The molecule has 19 heavy (non-hydrogen) atoms. The third kappa shape index (κ3) is 2.64. The molecule has 0 aromatic rings. The number of rotatable bonds is 4. The summed E-state index contributed by atoms with van der Waals surface area (Å²) in [5.41, 5.74) is 2.06. The van der Waals surface area contributed by atoms with E-state index in [1.54, 1.807) is 5.57 Å². The molecule has 0 radical (unpaired) electrons. The van der Waals surface area contributed by atoms with Gasteiger partial charge in [0.2, 0.25) is 0 Å². The van der Waals surface area contributed by atoms with Crippen LogP contribution in [-0.2, 0) is 3.07 Å². The molecule has 2 aliphatic rings. The number of halogens is 1. The van der Waals surface area contributed by atoms with Crippen molar-refractivity contribution < 1.29 is 3.07 Å². The van der Waals surface area contributed by atoms with Gasteiger partial charge in [-0.3, -0.25) is 0 Å². The van der Waals surface area contributed by atoms with E-state index in [-0.39, 0.29) is 5.60 Å². The molecule has 0 saturated heterocycles. The molecule has 0 heterocycles. The van der Waals surface area contributed by atoms with Crippen molar-refractivity contribution in [3.63, 3.8) is 0 Å². The first-order chi connectivity index (χ1) is 9.00. The van der Waals surface area contributed by atoms with E-state index < -0.39 is 0 Å².